The molecule has 1 aliphatic carbocycles. The van der Waals surface area contributed by atoms with Gasteiger partial charge >= 0.3 is 0 Å². The van der Waals surface area contributed by atoms with Crippen LogP contribution in [-0.4, -0.2) is 20.2 Å². The average Bonchev–Trinajstić information content (AvgIpc) is 3.12. The van der Waals surface area contributed by atoms with Gasteiger partial charge in [-0.15, -0.1) is 0 Å². The molecule has 0 spiro atoms. The maximum Gasteiger partial charge on any atom is 0.241 e. The van der Waals surface area contributed by atoms with Crippen molar-refractivity contribution < 1.29 is 13.2 Å². The Labute approximate surface area is 114 Å². The number of benzene rings is 1. The van der Waals surface area contributed by atoms with Crippen LogP contribution in [-0.2, 0) is 21.2 Å². The highest BCUT2D eigenvalue weighted by molar-refractivity contribution is 7.89. The molecule has 1 N–H and O–H groups in total. The van der Waals surface area contributed by atoms with E-state index in [9.17, 15) is 13.2 Å². The standard InChI is InChI=1S/C14H19NO3S/c1-10(2)13(16)9-11-5-3-4-6-14(11)19(17,18)15-12-7-8-12/h3-6,10,12,15H,7-9H2,1-2H3. The van der Waals surface area contributed by atoms with Gasteiger partial charge in [-0.2, -0.15) is 0 Å². The molecule has 0 aliphatic heterocycles. The lowest BCUT2D eigenvalue weighted by Crippen LogP contribution is -2.27. The molecule has 0 unspecified atom stereocenters. The van der Waals surface area contributed by atoms with Crippen LogP contribution in [0.2, 0.25) is 0 Å². The molecule has 1 aromatic rings. The molecule has 1 aromatic carbocycles. The molecule has 4 nitrogen and oxygen atoms in total. The SMILES string of the molecule is CC(C)C(=O)Cc1ccccc1S(=O)(=O)NC1CC1. The van der Waals surface area contributed by atoms with E-state index in [2.05, 4.69) is 4.72 Å². The van der Waals surface area contributed by atoms with Gasteiger partial charge in [-0.1, -0.05) is 32.0 Å². The molecular weight excluding hydrogens is 262 g/mol. The number of rotatable bonds is 6. The third-order valence-corrected chi connectivity index (χ3v) is 4.79. The highest BCUT2D eigenvalue weighted by Gasteiger charge is 2.29. The topological polar surface area (TPSA) is 63.2 Å². The maximum atomic E-state index is 12.2. The summed E-state index contributed by atoms with van der Waals surface area (Å²) in [5.41, 5.74) is 0.578. The van der Waals surface area contributed by atoms with Crippen LogP contribution in [0.1, 0.15) is 32.3 Å². The molecule has 0 aromatic heterocycles. The molecule has 104 valence electrons. The van der Waals surface area contributed by atoms with E-state index < -0.39 is 10.0 Å². The smallest absolute Gasteiger partial charge is 0.241 e. The Bertz CT molecular complexity index is 574. The van der Waals surface area contributed by atoms with E-state index >= 15 is 0 Å². The fourth-order valence-corrected chi connectivity index (χ4v) is 3.33. The molecule has 0 heterocycles. The predicted octanol–water partition coefficient (Wildman–Crippen LogP) is 1.89. The monoisotopic (exact) mass is 281 g/mol. The highest BCUT2D eigenvalue weighted by atomic mass is 32.2. The van der Waals surface area contributed by atoms with Crippen molar-refractivity contribution in [3.8, 4) is 0 Å². The lowest BCUT2D eigenvalue weighted by atomic mass is 10.0. The number of carbonyl (C=O) groups is 1. The fourth-order valence-electron chi connectivity index (χ4n) is 1.79. The Hall–Kier alpha value is -1.20. The molecule has 19 heavy (non-hydrogen) atoms. The summed E-state index contributed by atoms with van der Waals surface area (Å²) in [6, 6.07) is 6.79. The summed E-state index contributed by atoms with van der Waals surface area (Å²) in [4.78, 5) is 12.0. The minimum atomic E-state index is -3.50. The number of hydrogen-bond acceptors (Lipinski definition) is 3. The third-order valence-electron chi connectivity index (χ3n) is 3.17. The van der Waals surface area contributed by atoms with Crippen molar-refractivity contribution in [2.75, 3.05) is 0 Å². The first-order chi connectivity index (χ1) is 8.90. The summed E-state index contributed by atoms with van der Waals surface area (Å²) in [7, 11) is -3.50. The first-order valence-electron chi connectivity index (χ1n) is 6.53. The van der Waals surface area contributed by atoms with Gasteiger partial charge in [0, 0.05) is 18.4 Å². The number of hydrogen-bond donors (Lipinski definition) is 1. The number of carbonyl (C=O) groups excluding carboxylic acids is 1. The summed E-state index contributed by atoms with van der Waals surface area (Å²) in [6.45, 7) is 3.64. The van der Waals surface area contributed by atoms with Crippen LogP contribution in [0.5, 0.6) is 0 Å². The Morgan fingerprint density at radius 2 is 1.95 bits per heavy atom. The Morgan fingerprint density at radius 3 is 2.53 bits per heavy atom. The molecule has 0 bridgehead atoms. The molecular formula is C14H19NO3S. The van der Waals surface area contributed by atoms with E-state index in [4.69, 9.17) is 0 Å². The first kappa shape index (κ1) is 14.2. The van der Waals surface area contributed by atoms with Crippen molar-refractivity contribution >= 4 is 15.8 Å². The zero-order valence-electron chi connectivity index (χ0n) is 11.2. The first-order valence-corrected chi connectivity index (χ1v) is 8.01. The van der Waals surface area contributed by atoms with Crippen LogP contribution in [0.25, 0.3) is 0 Å². The van der Waals surface area contributed by atoms with Gasteiger partial charge in [-0.3, -0.25) is 4.79 Å². The molecule has 1 saturated carbocycles. The van der Waals surface area contributed by atoms with Gasteiger partial charge < -0.3 is 0 Å². The van der Waals surface area contributed by atoms with Crippen molar-refractivity contribution in [3.63, 3.8) is 0 Å². The van der Waals surface area contributed by atoms with Gasteiger partial charge in [0.2, 0.25) is 10.0 Å². The second-order valence-corrected chi connectivity index (χ2v) is 6.98. The minimum Gasteiger partial charge on any atom is -0.299 e. The molecule has 0 atom stereocenters. The second kappa shape index (κ2) is 5.43. The van der Waals surface area contributed by atoms with Gasteiger partial charge in [0.25, 0.3) is 0 Å². The number of ketones is 1. The number of sulfonamides is 1. The largest absolute Gasteiger partial charge is 0.299 e. The van der Waals surface area contributed by atoms with Crippen LogP contribution < -0.4 is 4.72 Å². The van der Waals surface area contributed by atoms with Crippen molar-refractivity contribution in [2.24, 2.45) is 5.92 Å². The number of nitrogens with one attached hydrogen (secondary N) is 1. The quantitative estimate of drug-likeness (QED) is 0.866. The molecule has 0 saturated heterocycles. The van der Waals surface area contributed by atoms with E-state index in [0.717, 1.165) is 12.8 Å². The van der Waals surface area contributed by atoms with E-state index in [0.29, 0.717) is 5.56 Å². The van der Waals surface area contributed by atoms with Gasteiger partial charge in [0.05, 0.1) is 4.90 Å². The molecule has 2 rings (SSSR count). The highest BCUT2D eigenvalue weighted by Crippen LogP contribution is 2.24. The lowest BCUT2D eigenvalue weighted by Gasteiger charge is -2.11. The summed E-state index contributed by atoms with van der Waals surface area (Å²) < 4.78 is 27.1. The van der Waals surface area contributed by atoms with E-state index in [-0.39, 0.29) is 29.1 Å². The summed E-state index contributed by atoms with van der Waals surface area (Å²) in [5.74, 6) is -0.0405. The van der Waals surface area contributed by atoms with Crippen LogP contribution >= 0.6 is 0 Å². The van der Waals surface area contributed by atoms with Crippen molar-refractivity contribution in [2.45, 2.75) is 44.0 Å². The van der Waals surface area contributed by atoms with E-state index in [1.165, 1.54) is 0 Å². The van der Waals surface area contributed by atoms with Crippen molar-refractivity contribution in [3.05, 3.63) is 29.8 Å². The van der Waals surface area contributed by atoms with Crippen LogP contribution in [0.15, 0.2) is 29.2 Å². The Morgan fingerprint density at radius 1 is 1.32 bits per heavy atom. The van der Waals surface area contributed by atoms with Gasteiger partial charge in [0.1, 0.15) is 5.78 Å². The number of Topliss-reactive ketones (excluding diaryl/α,β-unsaturated/α-hetero) is 1. The Balaban J connectivity index is 2.27. The van der Waals surface area contributed by atoms with E-state index in [1.54, 1.807) is 24.3 Å². The fraction of sp³-hybridized carbons (Fsp3) is 0.500. The van der Waals surface area contributed by atoms with Crippen LogP contribution in [0.3, 0.4) is 0 Å². The zero-order valence-corrected chi connectivity index (χ0v) is 12.0. The third kappa shape index (κ3) is 3.64. The van der Waals surface area contributed by atoms with Crippen molar-refractivity contribution in [1.82, 2.24) is 4.72 Å². The summed E-state index contributed by atoms with van der Waals surface area (Å²) in [5, 5.41) is 0. The molecule has 0 radical (unpaired) electrons. The minimum absolute atomic E-state index is 0.0501. The van der Waals surface area contributed by atoms with Crippen LogP contribution in [0.4, 0.5) is 0 Å². The van der Waals surface area contributed by atoms with Crippen LogP contribution in [0, 0.1) is 5.92 Å². The Kier molecular flexibility index (Phi) is 4.06. The zero-order chi connectivity index (χ0) is 14.0. The van der Waals surface area contributed by atoms with Crippen molar-refractivity contribution in [1.29, 1.82) is 0 Å². The lowest BCUT2D eigenvalue weighted by molar-refractivity contribution is -0.121. The van der Waals surface area contributed by atoms with E-state index in [1.807, 2.05) is 13.8 Å². The maximum absolute atomic E-state index is 12.2. The summed E-state index contributed by atoms with van der Waals surface area (Å²) in [6.07, 6.45) is 1.96. The molecule has 1 fully saturated rings. The second-order valence-electron chi connectivity index (χ2n) is 5.30. The molecule has 1 aliphatic rings. The van der Waals surface area contributed by atoms with Gasteiger partial charge in [-0.25, -0.2) is 13.1 Å². The predicted molar refractivity (Wildman–Crippen MR) is 73.3 cm³/mol. The van der Waals surface area contributed by atoms with Gasteiger partial charge in [0.15, 0.2) is 0 Å². The average molecular weight is 281 g/mol. The van der Waals surface area contributed by atoms with Gasteiger partial charge in [-0.05, 0) is 24.5 Å². The normalized spacial score (nSPS) is 15.7. The molecule has 5 heteroatoms. The summed E-state index contributed by atoms with van der Waals surface area (Å²) >= 11 is 0. The molecule has 0 amide bonds.